The first-order valence-corrected chi connectivity index (χ1v) is 5.97. The summed E-state index contributed by atoms with van der Waals surface area (Å²) >= 11 is 3.13. The number of nitrogens with one attached hydrogen (secondary N) is 1. The maximum Gasteiger partial charge on any atom is 0.289 e. The molecule has 1 aromatic heterocycles. The van der Waals surface area contributed by atoms with E-state index in [0.29, 0.717) is 11.2 Å². The van der Waals surface area contributed by atoms with Gasteiger partial charge >= 0.3 is 0 Å². The molecule has 1 atom stereocenters. The molecule has 0 saturated carbocycles. The van der Waals surface area contributed by atoms with E-state index in [0.717, 1.165) is 0 Å². The first-order valence-electron chi connectivity index (χ1n) is 5.18. The lowest BCUT2D eigenvalue weighted by atomic mass is 10.1. The molecule has 0 spiro atoms. The van der Waals surface area contributed by atoms with E-state index in [2.05, 4.69) is 21.2 Å². The number of hydrogen-bond donors (Lipinski definition) is 1. The maximum absolute atomic E-state index is 11.9. The highest BCUT2D eigenvalue weighted by atomic mass is 79.9. The zero-order valence-electron chi connectivity index (χ0n) is 9.99. The van der Waals surface area contributed by atoms with Gasteiger partial charge in [-0.3, -0.25) is 9.59 Å². The van der Waals surface area contributed by atoms with Gasteiger partial charge in [0.25, 0.3) is 5.91 Å². The monoisotopic (exact) mass is 302 g/mol. The van der Waals surface area contributed by atoms with Gasteiger partial charge in [0.2, 0.25) is 5.91 Å². The van der Waals surface area contributed by atoms with Crippen molar-refractivity contribution in [2.24, 2.45) is 5.92 Å². The molecule has 0 saturated heterocycles. The first kappa shape index (κ1) is 13.8. The van der Waals surface area contributed by atoms with Gasteiger partial charge in [-0.25, -0.2) is 0 Å². The van der Waals surface area contributed by atoms with Crippen LogP contribution < -0.4 is 5.32 Å². The molecule has 6 heteroatoms. The van der Waals surface area contributed by atoms with Crippen molar-refractivity contribution in [3.05, 3.63) is 22.6 Å². The maximum atomic E-state index is 11.9. The Kier molecular flexibility index (Phi) is 4.74. The molecule has 1 heterocycles. The van der Waals surface area contributed by atoms with Crippen LogP contribution in [-0.4, -0.2) is 37.4 Å². The normalized spacial score (nSPS) is 12.0. The van der Waals surface area contributed by atoms with Crippen molar-refractivity contribution in [2.45, 2.75) is 6.92 Å². The molecule has 0 radical (unpaired) electrons. The van der Waals surface area contributed by atoms with E-state index in [-0.39, 0.29) is 23.5 Å². The first-order chi connectivity index (χ1) is 7.95. The molecule has 0 aliphatic carbocycles. The molecular weight excluding hydrogens is 288 g/mol. The molecule has 0 aromatic carbocycles. The van der Waals surface area contributed by atoms with Crippen LogP contribution in [0, 0.1) is 5.92 Å². The summed E-state index contributed by atoms with van der Waals surface area (Å²) in [5.41, 5.74) is 0. The molecule has 0 fully saturated rings. The molecular formula is C11H15BrN2O3. The van der Waals surface area contributed by atoms with Crippen LogP contribution in [0.2, 0.25) is 0 Å². The number of furan rings is 1. The summed E-state index contributed by atoms with van der Waals surface area (Å²) in [5.74, 6) is -0.340. The van der Waals surface area contributed by atoms with E-state index in [9.17, 15) is 9.59 Å². The largest absolute Gasteiger partial charge is 0.444 e. The predicted octanol–water partition coefficient (Wildman–Crippen LogP) is 1.50. The zero-order valence-corrected chi connectivity index (χ0v) is 11.6. The third kappa shape index (κ3) is 3.59. The summed E-state index contributed by atoms with van der Waals surface area (Å²) in [6.07, 6.45) is 0. The number of amides is 2. The Hall–Kier alpha value is -1.30. The number of halogens is 1. The van der Waals surface area contributed by atoms with E-state index in [1.54, 1.807) is 33.2 Å². The van der Waals surface area contributed by atoms with Crippen molar-refractivity contribution in [2.75, 3.05) is 20.6 Å². The number of nitrogens with zero attached hydrogens (tertiary/aromatic N) is 1. The predicted molar refractivity (Wildman–Crippen MR) is 66.6 cm³/mol. The Morgan fingerprint density at radius 2 is 2.18 bits per heavy atom. The third-order valence-electron chi connectivity index (χ3n) is 2.37. The van der Waals surface area contributed by atoms with Crippen molar-refractivity contribution in [3.63, 3.8) is 0 Å². The standard InChI is InChI=1S/C11H15BrN2O3/c1-7(10(15)13-2)6-14(3)11(16)8-4-5-9(12)17-8/h4-5,7H,6H2,1-3H3,(H,13,15). The summed E-state index contributed by atoms with van der Waals surface area (Å²) in [5, 5.41) is 2.55. The van der Waals surface area contributed by atoms with Gasteiger partial charge in [-0.15, -0.1) is 0 Å². The van der Waals surface area contributed by atoms with Gasteiger partial charge in [-0.05, 0) is 28.1 Å². The van der Waals surface area contributed by atoms with Crippen LogP contribution in [0.3, 0.4) is 0 Å². The molecule has 94 valence electrons. The Balaban J connectivity index is 2.62. The quantitative estimate of drug-likeness (QED) is 0.917. The van der Waals surface area contributed by atoms with Crippen LogP contribution in [0.15, 0.2) is 21.2 Å². The number of carbonyl (C=O) groups is 2. The van der Waals surface area contributed by atoms with Crippen LogP contribution in [0.25, 0.3) is 0 Å². The van der Waals surface area contributed by atoms with Crippen molar-refractivity contribution in [1.82, 2.24) is 10.2 Å². The second-order valence-electron chi connectivity index (χ2n) is 3.80. The number of rotatable bonds is 4. The fraction of sp³-hybridized carbons (Fsp3) is 0.455. The average molecular weight is 303 g/mol. The molecule has 5 nitrogen and oxygen atoms in total. The van der Waals surface area contributed by atoms with E-state index in [1.807, 2.05) is 0 Å². The summed E-state index contributed by atoms with van der Waals surface area (Å²) in [6.45, 7) is 2.11. The topological polar surface area (TPSA) is 62.6 Å². The highest BCUT2D eigenvalue weighted by Crippen LogP contribution is 2.15. The van der Waals surface area contributed by atoms with Gasteiger partial charge in [-0.1, -0.05) is 6.92 Å². The minimum atomic E-state index is -0.257. The van der Waals surface area contributed by atoms with Crippen LogP contribution in [0.1, 0.15) is 17.5 Å². The molecule has 2 amide bonds. The van der Waals surface area contributed by atoms with Crippen molar-refractivity contribution in [3.8, 4) is 0 Å². The molecule has 0 bridgehead atoms. The fourth-order valence-corrected chi connectivity index (χ4v) is 1.75. The SMILES string of the molecule is CNC(=O)C(C)CN(C)C(=O)c1ccc(Br)o1. The second-order valence-corrected chi connectivity index (χ2v) is 4.59. The van der Waals surface area contributed by atoms with E-state index in [1.165, 1.54) is 4.90 Å². The van der Waals surface area contributed by atoms with Crippen molar-refractivity contribution in [1.29, 1.82) is 0 Å². The third-order valence-corrected chi connectivity index (χ3v) is 2.80. The van der Waals surface area contributed by atoms with Crippen LogP contribution >= 0.6 is 15.9 Å². The summed E-state index contributed by atoms with van der Waals surface area (Å²) in [6, 6.07) is 3.25. The van der Waals surface area contributed by atoms with E-state index in [4.69, 9.17) is 4.42 Å². The molecule has 1 unspecified atom stereocenters. The molecule has 17 heavy (non-hydrogen) atoms. The Labute approximate surface area is 108 Å². The smallest absolute Gasteiger partial charge is 0.289 e. The molecule has 0 aliphatic rings. The van der Waals surface area contributed by atoms with Gasteiger partial charge in [0.05, 0.1) is 5.92 Å². The van der Waals surface area contributed by atoms with E-state index >= 15 is 0 Å². The highest BCUT2D eigenvalue weighted by molar-refractivity contribution is 9.10. The van der Waals surface area contributed by atoms with Crippen molar-refractivity contribution < 1.29 is 14.0 Å². The highest BCUT2D eigenvalue weighted by Gasteiger charge is 2.20. The lowest BCUT2D eigenvalue weighted by molar-refractivity contribution is -0.124. The van der Waals surface area contributed by atoms with Gasteiger partial charge in [-0.2, -0.15) is 0 Å². The molecule has 1 aromatic rings. The van der Waals surface area contributed by atoms with Crippen molar-refractivity contribution >= 4 is 27.7 Å². The van der Waals surface area contributed by atoms with Crippen LogP contribution in [0.4, 0.5) is 0 Å². The summed E-state index contributed by atoms with van der Waals surface area (Å²) < 4.78 is 5.67. The molecule has 1 N–H and O–H groups in total. The lowest BCUT2D eigenvalue weighted by Gasteiger charge is -2.19. The minimum Gasteiger partial charge on any atom is -0.444 e. The number of carbonyl (C=O) groups excluding carboxylic acids is 2. The Bertz CT molecular complexity index is 417. The average Bonchev–Trinajstić information content (AvgIpc) is 2.73. The Morgan fingerprint density at radius 3 is 2.65 bits per heavy atom. The summed E-state index contributed by atoms with van der Waals surface area (Å²) in [4.78, 5) is 24.7. The zero-order chi connectivity index (χ0) is 13.0. The van der Waals surface area contributed by atoms with Gasteiger partial charge in [0, 0.05) is 20.6 Å². The van der Waals surface area contributed by atoms with Gasteiger partial charge < -0.3 is 14.6 Å². The molecule has 0 aliphatic heterocycles. The van der Waals surface area contributed by atoms with Gasteiger partial charge in [0.1, 0.15) is 0 Å². The number of hydrogen-bond acceptors (Lipinski definition) is 3. The second kappa shape index (κ2) is 5.86. The van der Waals surface area contributed by atoms with Gasteiger partial charge in [0.15, 0.2) is 10.4 Å². The lowest BCUT2D eigenvalue weighted by Crippen LogP contribution is -2.37. The fourth-order valence-electron chi connectivity index (χ4n) is 1.44. The van der Waals surface area contributed by atoms with Crippen LogP contribution in [-0.2, 0) is 4.79 Å². The minimum absolute atomic E-state index is 0.0923. The Morgan fingerprint density at radius 1 is 1.53 bits per heavy atom. The molecule has 1 rings (SSSR count). The van der Waals surface area contributed by atoms with E-state index < -0.39 is 0 Å². The summed E-state index contributed by atoms with van der Waals surface area (Å²) in [7, 11) is 3.21. The van der Waals surface area contributed by atoms with Crippen LogP contribution in [0.5, 0.6) is 0 Å².